The molecule has 1 heterocycles. The number of benzene rings is 2. The van der Waals surface area contributed by atoms with Gasteiger partial charge in [0.1, 0.15) is 4.90 Å². The second-order valence-electron chi connectivity index (χ2n) is 6.79. The van der Waals surface area contributed by atoms with Gasteiger partial charge in [0.25, 0.3) is 15.9 Å². The molecule has 0 spiro atoms. The SMILES string of the molecule is CC1Oc2c(cc(Br)cc2S(=O)(=O)Nc2ccc(C(C)C)cc2)N(C)C1=O. The molecule has 2 aromatic carbocycles. The average Bonchev–Trinajstić information content (AvgIpc) is 2.60. The minimum Gasteiger partial charge on any atom is -0.477 e. The van der Waals surface area contributed by atoms with Crippen LogP contribution in [-0.4, -0.2) is 27.5 Å². The highest BCUT2D eigenvalue weighted by Crippen LogP contribution is 2.41. The minimum absolute atomic E-state index is 0.0222. The molecule has 1 amide bonds. The van der Waals surface area contributed by atoms with E-state index in [1.807, 2.05) is 12.1 Å². The fourth-order valence-electron chi connectivity index (χ4n) is 2.89. The third-order valence-corrected chi connectivity index (χ3v) is 6.30. The summed E-state index contributed by atoms with van der Waals surface area (Å²) in [5.74, 6) is 0.288. The van der Waals surface area contributed by atoms with Gasteiger partial charge in [0.15, 0.2) is 11.9 Å². The van der Waals surface area contributed by atoms with Crippen molar-refractivity contribution in [1.82, 2.24) is 0 Å². The molecule has 3 rings (SSSR count). The predicted octanol–water partition coefficient (Wildman–Crippen LogP) is 4.12. The van der Waals surface area contributed by atoms with Crippen LogP contribution in [0.15, 0.2) is 45.8 Å². The van der Waals surface area contributed by atoms with Gasteiger partial charge in [-0.2, -0.15) is 0 Å². The van der Waals surface area contributed by atoms with Crippen LogP contribution >= 0.6 is 15.9 Å². The second-order valence-corrected chi connectivity index (χ2v) is 9.36. The lowest BCUT2D eigenvalue weighted by molar-refractivity contribution is -0.125. The van der Waals surface area contributed by atoms with Crippen LogP contribution in [0.2, 0.25) is 0 Å². The summed E-state index contributed by atoms with van der Waals surface area (Å²) in [4.78, 5) is 13.5. The molecule has 0 fully saturated rings. The highest BCUT2D eigenvalue weighted by molar-refractivity contribution is 9.10. The normalized spacial score (nSPS) is 16.9. The fourth-order valence-corrected chi connectivity index (χ4v) is 4.72. The quantitative estimate of drug-likeness (QED) is 0.756. The van der Waals surface area contributed by atoms with E-state index in [0.717, 1.165) is 5.56 Å². The Kier molecular flexibility index (Phi) is 5.22. The zero-order valence-electron chi connectivity index (χ0n) is 15.5. The number of nitrogens with one attached hydrogen (secondary N) is 1. The molecule has 8 heteroatoms. The van der Waals surface area contributed by atoms with Gasteiger partial charge < -0.3 is 9.64 Å². The number of sulfonamides is 1. The van der Waals surface area contributed by atoms with E-state index in [1.165, 1.54) is 11.0 Å². The summed E-state index contributed by atoms with van der Waals surface area (Å²) in [5, 5.41) is 0. The number of carbonyl (C=O) groups excluding carboxylic acids is 1. The van der Waals surface area contributed by atoms with Crippen LogP contribution in [0.25, 0.3) is 0 Å². The highest BCUT2D eigenvalue weighted by atomic mass is 79.9. The molecule has 0 aliphatic carbocycles. The van der Waals surface area contributed by atoms with Gasteiger partial charge in [-0.05, 0) is 42.7 Å². The summed E-state index contributed by atoms with van der Waals surface area (Å²) in [7, 11) is -2.32. The number of rotatable bonds is 4. The number of hydrogen-bond donors (Lipinski definition) is 1. The van der Waals surface area contributed by atoms with E-state index in [4.69, 9.17) is 4.74 Å². The Hall–Kier alpha value is -2.06. The van der Waals surface area contributed by atoms with Crippen molar-refractivity contribution in [2.75, 3.05) is 16.7 Å². The summed E-state index contributed by atoms with van der Waals surface area (Å²) >= 11 is 3.32. The molecule has 0 saturated heterocycles. The van der Waals surface area contributed by atoms with Gasteiger partial charge in [-0.15, -0.1) is 0 Å². The average molecular weight is 453 g/mol. The number of halogens is 1. The number of ether oxygens (including phenoxy) is 1. The number of anilines is 2. The smallest absolute Gasteiger partial charge is 0.267 e. The van der Waals surface area contributed by atoms with Gasteiger partial charge in [-0.3, -0.25) is 9.52 Å². The fraction of sp³-hybridized carbons (Fsp3) is 0.316. The first kappa shape index (κ1) is 19.7. The monoisotopic (exact) mass is 452 g/mol. The number of nitrogens with zero attached hydrogens (tertiary/aromatic N) is 1. The third-order valence-electron chi connectivity index (χ3n) is 4.45. The number of hydrogen-bond acceptors (Lipinski definition) is 4. The van der Waals surface area contributed by atoms with Crippen LogP contribution < -0.4 is 14.4 Å². The van der Waals surface area contributed by atoms with Gasteiger partial charge >= 0.3 is 0 Å². The molecule has 144 valence electrons. The number of carbonyl (C=O) groups is 1. The number of likely N-dealkylation sites (N-methyl/N-ethyl adjacent to an activating group) is 1. The molecule has 6 nitrogen and oxygen atoms in total. The maximum Gasteiger partial charge on any atom is 0.267 e. The largest absolute Gasteiger partial charge is 0.477 e. The molecule has 0 radical (unpaired) electrons. The van der Waals surface area contributed by atoms with Crippen molar-refractivity contribution in [3.8, 4) is 5.75 Å². The molecule has 0 aromatic heterocycles. The Labute approximate surface area is 167 Å². The van der Waals surface area contributed by atoms with Gasteiger partial charge in [0.05, 0.1) is 5.69 Å². The van der Waals surface area contributed by atoms with Crippen LogP contribution in [0, 0.1) is 0 Å². The minimum atomic E-state index is -3.92. The van der Waals surface area contributed by atoms with Gasteiger partial charge in [-0.25, -0.2) is 8.42 Å². The van der Waals surface area contributed by atoms with Crippen molar-refractivity contribution in [2.45, 2.75) is 37.7 Å². The Morgan fingerprint density at radius 3 is 2.41 bits per heavy atom. The topological polar surface area (TPSA) is 75.7 Å². The van der Waals surface area contributed by atoms with Crippen LogP contribution in [0.3, 0.4) is 0 Å². The van der Waals surface area contributed by atoms with Crippen molar-refractivity contribution < 1.29 is 17.9 Å². The molecule has 27 heavy (non-hydrogen) atoms. The first-order chi connectivity index (χ1) is 12.6. The lowest BCUT2D eigenvalue weighted by atomic mass is 10.0. The zero-order chi connectivity index (χ0) is 19.9. The third kappa shape index (κ3) is 3.82. The summed E-state index contributed by atoms with van der Waals surface area (Å²) in [5.41, 5.74) is 1.99. The molecule has 1 atom stereocenters. The van der Waals surface area contributed by atoms with E-state index in [1.54, 1.807) is 32.2 Å². The van der Waals surface area contributed by atoms with E-state index >= 15 is 0 Å². The molecule has 1 aliphatic heterocycles. The van der Waals surface area contributed by atoms with E-state index in [9.17, 15) is 13.2 Å². The van der Waals surface area contributed by atoms with Gasteiger partial charge in [0.2, 0.25) is 0 Å². The van der Waals surface area contributed by atoms with E-state index in [-0.39, 0.29) is 16.6 Å². The first-order valence-corrected chi connectivity index (χ1v) is 10.8. The van der Waals surface area contributed by atoms with Crippen LogP contribution in [0.4, 0.5) is 11.4 Å². The molecule has 1 aliphatic rings. The Morgan fingerprint density at radius 1 is 1.19 bits per heavy atom. The molecule has 0 saturated carbocycles. The highest BCUT2D eigenvalue weighted by Gasteiger charge is 2.34. The Bertz CT molecular complexity index is 988. The predicted molar refractivity (Wildman–Crippen MR) is 109 cm³/mol. The van der Waals surface area contributed by atoms with Crippen LogP contribution in [0.1, 0.15) is 32.3 Å². The van der Waals surface area contributed by atoms with E-state index in [2.05, 4.69) is 34.5 Å². The summed E-state index contributed by atoms with van der Waals surface area (Å²) in [6.45, 7) is 5.74. The second kappa shape index (κ2) is 7.16. The standard InChI is InChI=1S/C19H21BrN2O4S/c1-11(2)13-5-7-15(8-6-13)21-27(24,25)17-10-14(20)9-16-18(17)26-12(3)19(23)22(16)4/h5-12,21H,1-4H3. The van der Waals surface area contributed by atoms with Crippen LogP contribution in [0.5, 0.6) is 5.75 Å². The molecule has 2 aromatic rings. The van der Waals surface area contributed by atoms with Crippen molar-refractivity contribution in [1.29, 1.82) is 0 Å². The van der Waals surface area contributed by atoms with Crippen molar-refractivity contribution in [2.24, 2.45) is 0 Å². The van der Waals surface area contributed by atoms with E-state index < -0.39 is 16.1 Å². The lowest BCUT2D eigenvalue weighted by Gasteiger charge is -2.31. The van der Waals surface area contributed by atoms with Gasteiger partial charge in [0, 0.05) is 17.2 Å². The van der Waals surface area contributed by atoms with E-state index in [0.29, 0.717) is 21.8 Å². The number of amides is 1. The van der Waals surface area contributed by atoms with Crippen molar-refractivity contribution in [3.63, 3.8) is 0 Å². The summed E-state index contributed by atoms with van der Waals surface area (Å²) in [6.07, 6.45) is -0.761. The molecular weight excluding hydrogens is 432 g/mol. The maximum absolute atomic E-state index is 13.0. The Morgan fingerprint density at radius 2 is 1.81 bits per heavy atom. The lowest BCUT2D eigenvalue weighted by Crippen LogP contribution is -2.42. The number of fused-ring (bicyclic) bond motifs is 1. The summed E-state index contributed by atoms with van der Waals surface area (Å²) < 4.78 is 34.8. The van der Waals surface area contributed by atoms with Crippen LogP contribution in [-0.2, 0) is 14.8 Å². The van der Waals surface area contributed by atoms with Crippen molar-refractivity contribution >= 4 is 43.2 Å². The zero-order valence-corrected chi connectivity index (χ0v) is 17.9. The maximum atomic E-state index is 13.0. The van der Waals surface area contributed by atoms with Crippen molar-refractivity contribution in [3.05, 3.63) is 46.4 Å². The Balaban J connectivity index is 2.02. The molecule has 1 N–H and O–H groups in total. The summed E-state index contributed by atoms with van der Waals surface area (Å²) in [6, 6.07) is 10.4. The molecule has 1 unspecified atom stereocenters. The first-order valence-electron chi connectivity index (χ1n) is 8.50. The molecule has 0 bridgehead atoms. The molecular formula is C19H21BrN2O4S. The van der Waals surface area contributed by atoms with Gasteiger partial charge in [-0.1, -0.05) is 41.9 Å².